The van der Waals surface area contributed by atoms with Gasteiger partial charge in [-0.25, -0.2) is 0 Å². The maximum atomic E-state index is 12.0. The van der Waals surface area contributed by atoms with Gasteiger partial charge in [0.25, 0.3) is 5.91 Å². The van der Waals surface area contributed by atoms with Crippen LogP contribution in [0.3, 0.4) is 0 Å². The third kappa shape index (κ3) is 1.90. The molecule has 0 radical (unpaired) electrons. The summed E-state index contributed by atoms with van der Waals surface area (Å²) < 4.78 is 10.6. The van der Waals surface area contributed by atoms with Crippen LogP contribution < -0.4 is 0 Å². The van der Waals surface area contributed by atoms with E-state index in [1.54, 1.807) is 17.0 Å². The van der Waals surface area contributed by atoms with Crippen molar-refractivity contribution in [3.8, 4) is 0 Å². The molecule has 4 nitrogen and oxygen atoms in total. The Bertz CT molecular complexity index is 334. The van der Waals surface area contributed by atoms with Gasteiger partial charge in [0.1, 0.15) is 0 Å². The highest BCUT2D eigenvalue weighted by atomic mass is 16.5. The van der Waals surface area contributed by atoms with Crippen LogP contribution in [0.5, 0.6) is 0 Å². The zero-order valence-electron chi connectivity index (χ0n) is 8.97. The Kier molecular flexibility index (Phi) is 2.77. The lowest BCUT2D eigenvalue weighted by Crippen LogP contribution is -2.51. The van der Waals surface area contributed by atoms with Crippen LogP contribution >= 0.6 is 0 Å². The lowest BCUT2D eigenvalue weighted by atomic mass is 10.1. The van der Waals surface area contributed by atoms with Crippen LogP contribution in [0.15, 0.2) is 22.8 Å². The second-order valence-electron chi connectivity index (χ2n) is 3.79. The van der Waals surface area contributed by atoms with Gasteiger partial charge in [-0.05, 0) is 26.0 Å². The summed E-state index contributed by atoms with van der Waals surface area (Å²) in [4.78, 5) is 13.8. The van der Waals surface area contributed by atoms with Gasteiger partial charge in [0, 0.05) is 6.54 Å². The average molecular weight is 209 g/mol. The topological polar surface area (TPSA) is 42.7 Å². The minimum Gasteiger partial charge on any atom is -0.459 e. The van der Waals surface area contributed by atoms with Crippen molar-refractivity contribution in [3.05, 3.63) is 24.2 Å². The number of morpholine rings is 1. The first kappa shape index (κ1) is 10.2. The molecule has 82 valence electrons. The van der Waals surface area contributed by atoms with E-state index in [2.05, 4.69) is 0 Å². The van der Waals surface area contributed by atoms with Crippen LogP contribution in [-0.4, -0.2) is 36.1 Å². The van der Waals surface area contributed by atoms with Crippen LogP contribution in [0.2, 0.25) is 0 Å². The highest BCUT2D eigenvalue weighted by molar-refractivity contribution is 5.91. The van der Waals surface area contributed by atoms with E-state index in [9.17, 15) is 4.79 Å². The van der Waals surface area contributed by atoms with Gasteiger partial charge in [0.2, 0.25) is 0 Å². The summed E-state index contributed by atoms with van der Waals surface area (Å²) in [6.07, 6.45) is 1.60. The van der Waals surface area contributed by atoms with Gasteiger partial charge in [0.05, 0.1) is 25.0 Å². The summed E-state index contributed by atoms with van der Waals surface area (Å²) in [5.41, 5.74) is 0. The van der Waals surface area contributed by atoms with E-state index in [0.29, 0.717) is 18.9 Å². The summed E-state index contributed by atoms with van der Waals surface area (Å²) in [6, 6.07) is 3.51. The van der Waals surface area contributed by atoms with Crippen molar-refractivity contribution in [2.75, 3.05) is 13.2 Å². The second kappa shape index (κ2) is 4.06. The Morgan fingerprint density at radius 1 is 1.53 bits per heavy atom. The number of ether oxygens (including phenoxy) is 1. The number of hydrogen-bond donors (Lipinski definition) is 0. The van der Waals surface area contributed by atoms with Gasteiger partial charge >= 0.3 is 0 Å². The van der Waals surface area contributed by atoms with Crippen molar-refractivity contribution >= 4 is 5.91 Å². The molecule has 0 spiro atoms. The quantitative estimate of drug-likeness (QED) is 0.704. The molecule has 0 saturated carbocycles. The van der Waals surface area contributed by atoms with Crippen LogP contribution in [0, 0.1) is 0 Å². The first-order valence-corrected chi connectivity index (χ1v) is 5.16. The maximum Gasteiger partial charge on any atom is 0.289 e. The fourth-order valence-corrected chi connectivity index (χ4v) is 1.76. The zero-order chi connectivity index (χ0) is 10.8. The summed E-state index contributed by atoms with van der Waals surface area (Å²) in [7, 11) is 0. The van der Waals surface area contributed by atoms with E-state index in [-0.39, 0.29) is 18.1 Å². The van der Waals surface area contributed by atoms with E-state index in [4.69, 9.17) is 9.15 Å². The Labute approximate surface area is 88.8 Å². The number of carbonyl (C=O) groups excluding carboxylic acids is 1. The highest BCUT2D eigenvalue weighted by Crippen LogP contribution is 2.16. The zero-order valence-corrected chi connectivity index (χ0v) is 8.97. The highest BCUT2D eigenvalue weighted by Gasteiger charge is 2.30. The molecule has 1 aliphatic heterocycles. The number of carbonyl (C=O) groups is 1. The van der Waals surface area contributed by atoms with Crippen molar-refractivity contribution in [2.45, 2.75) is 26.0 Å². The second-order valence-corrected chi connectivity index (χ2v) is 3.79. The molecule has 1 saturated heterocycles. The Balaban J connectivity index is 2.13. The lowest BCUT2D eigenvalue weighted by Gasteiger charge is -2.37. The van der Waals surface area contributed by atoms with Gasteiger partial charge in [0.15, 0.2) is 5.76 Å². The molecule has 2 heterocycles. The predicted octanol–water partition coefficient (Wildman–Crippen LogP) is 1.53. The van der Waals surface area contributed by atoms with E-state index in [1.807, 2.05) is 13.8 Å². The molecular formula is C11H15NO3. The van der Waals surface area contributed by atoms with Gasteiger partial charge in [-0.3, -0.25) is 4.79 Å². The number of rotatable bonds is 1. The summed E-state index contributed by atoms with van der Waals surface area (Å²) in [5.74, 6) is 0.346. The number of hydrogen-bond acceptors (Lipinski definition) is 3. The molecule has 2 rings (SSSR count). The van der Waals surface area contributed by atoms with E-state index in [0.717, 1.165) is 0 Å². The molecule has 1 aromatic heterocycles. The molecule has 1 fully saturated rings. The van der Waals surface area contributed by atoms with E-state index in [1.165, 1.54) is 6.26 Å². The van der Waals surface area contributed by atoms with Gasteiger partial charge in [-0.15, -0.1) is 0 Å². The normalized spacial score (nSPS) is 26.7. The van der Waals surface area contributed by atoms with Crippen LogP contribution in [0.4, 0.5) is 0 Å². The Morgan fingerprint density at radius 3 is 3.00 bits per heavy atom. The fourth-order valence-electron chi connectivity index (χ4n) is 1.76. The molecular weight excluding hydrogens is 194 g/mol. The smallest absolute Gasteiger partial charge is 0.289 e. The van der Waals surface area contributed by atoms with Crippen molar-refractivity contribution in [1.29, 1.82) is 0 Å². The molecule has 1 amide bonds. The van der Waals surface area contributed by atoms with Crippen molar-refractivity contribution < 1.29 is 13.9 Å². The molecule has 0 aliphatic carbocycles. The number of amides is 1. The third-order valence-electron chi connectivity index (χ3n) is 2.88. The van der Waals surface area contributed by atoms with Crippen molar-refractivity contribution in [1.82, 2.24) is 4.90 Å². The molecule has 0 aromatic carbocycles. The van der Waals surface area contributed by atoms with Gasteiger partial charge in [-0.2, -0.15) is 0 Å². The standard InChI is InChI=1S/C11H15NO3/c1-8-9(2)14-7-5-12(8)11(13)10-4-3-6-15-10/h3-4,6,8-9H,5,7H2,1-2H3. The Hall–Kier alpha value is -1.29. The first-order chi connectivity index (χ1) is 7.20. The molecule has 4 heteroatoms. The van der Waals surface area contributed by atoms with Gasteiger partial charge in [-0.1, -0.05) is 0 Å². The van der Waals surface area contributed by atoms with Crippen molar-refractivity contribution in [2.24, 2.45) is 0 Å². The minimum atomic E-state index is -0.0531. The Morgan fingerprint density at radius 2 is 2.33 bits per heavy atom. The molecule has 15 heavy (non-hydrogen) atoms. The van der Waals surface area contributed by atoms with Crippen LogP contribution in [0.1, 0.15) is 24.4 Å². The fraction of sp³-hybridized carbons (Fsp3) is 0.545. The van der Waals surface area contributed by atoms with Crippen molar-refractivity contribution in [3.63, 3.8) is 0 Å². The number of nitrogens with zero attached hydrogens (tertiary/aromatic N) is 1. The summed E-state index contributed by atoms with van der Waals surface area (Å²) >= 11 is 0. The molecule has 0 N–H and O–H groups in total. The lowest BCUT2D eigenvalue weighted by molar-refractivity contribution is -0.0449. The van der Waals surface area contributed by atoms with E-state index < -0.39 is 0 Å². The van der Waals surface area contributed by atoms with Gasteiger partial charge < -0.3 is 14.1 Å². The average Bonchev–Trinajstić information content (AvgIpc) is 2.74. The van der Waals surface area contributed by atoms with Crippen LogP contribution in [0.25, 0.3) is 0 Å². The molecule has 2 unspecified atom stereocenters. The van der Waals surface area contributed by atoms with Crippen LogP contribution in [-0.2, 0) is 4.74 Å². The monoisotopic (exact) mass is 209 g/mol. The number of furan rings is 1. The molecule has 2 atom stereocenters. The molecule has 1 aliphatic rings. The molecule has 1 aromatic rings. The van der Waals surface area contributed by atoms with E-state index >= 15 is 0 Å². The minimum absolute atomic E-state index is 0.0531. The SMILES string of the molecule is CC1OCCN(C(=O)c2ccco2)C1C. The largest absolute Gasteiger partial charge is 0.459 e. The first-order valence-electron chi connectivity index (χ1n) is 5.16. The third-order valence-corrected chi connectivity index (χ3v) is 2.88. The molecule has 0 bridgehead atoms. The summed E-state index contributed by atoms with van der Waals surface area (Å²) in [5, 5.41) is 0. The maximum absolute atomic E-state index is 12.0. The predicted molar refractivity (Wildman–Crippen MR) is 54.6 cm³/mol. The summed E-state index contributed by atoms with van der Waals surface area (Å²) in [6.45, 7) is 5.19.